The molecule has 0 bridgehead atoms. The Morgan fingerprint density at radius 1 is 1.10 bits per heavy atom. The van der Waals surface area contributed by atoms with Crippen LogP contribution in [-0.4, -0.2) is 23.0 Å². The predicted molar refractivity (Wildman–Crippen MR) is 106 cm³/mol. The number of nitrogens with zero attached hydrogens (tertiary/aromatic N) is 3. The van der Waals surface area contributed by atoms with E-state index in [4.69, 9.17) is 4.42 Å². The van der Waals surface area contributed by atoms with Crippen molar-refractivity contribution in [2.45, 2.75) is 24.8 Å². The van der Waals surface area contributed by atoms with Gasteiger partial charge in [0.25, 0.3) is 0 Å². The van der Waals surface area contributed by atoms with Crippen LogP contribution >= 0.6 is 0 Å². The van der Waals surface area contributed by atoms with E-state index in [1.165, 1.54) is 36.7 Å². The van der Waals surface area contributed by atoms with Gasteiger partial charge < -0.3 is 4.42 Å². The van der Waals surface area contributed by atoms with Crippen LogP contribution in [0.4, 0.5) is 4.39 Å². The topological polar surface area (TPSA) is 78.0 Å². The normalized spacial score (nSPS) is 11.7. The van der Waals surface area contributed by atoms with Crippen LogP contribution in [0.25, 0.3) is 17.1 Å². The smallest absolute Gasteiger partial charge is 0.232 e. The number of hydrogen-bond acceptors (Lipinski definition) is 5. The first-order valence-electron chi connectivity index (χ1n) is 8.87. The second-order valence-electron chi connectivity index (χ2n) is 6.78. The molecular weight excluding hydrogens is 393 g/mol. The number of oxazole rings is 1. The fourth-order valence-electron chi connectivity index (χ4n) is 3.04. The van der Waals surface area contributed by atoms with Crippen LogP contribution in [0.15, 0.2) is 70.7 Å². The Morgan fingerprint density at radius 3 is 2.62 bits per heavy atom. The number of hydrogen-bond donors (Lipinski definition) is 0. The van der Waals surface area contributed by atoms with Gasteiger partial charge in [-0.3, -0.25) is 4.57 Å². The highest BCUT2D eigenvalue weighted by Crippen LogP contribution is 2.24. The monoisotopic (exact) mass is 411 g/mol. The molecule has 0 radical (unpaired) electrons. The molecule has 4 rings (SSSR count). The zero-order valence-electron chi connectivity index (χ0n) is 15.8. The summed E-state index contributed by atoms with van der Waals surface area (Å²) in [6, 6.07) is 11.4. The van der Waals surface area contributed by atoms with Crippen molar-refractivity contribution in [1.82, 2.24) is 14.5 Å². The molecule has 0 amide bonds. The van der Waals surface area contributed by atoms with Crippen LogP contribution in [0.2, 0.25) is 0 Å². The van der Waals surface area contributed by atoms with Gasteiger partial charge in [-0.2, -0.15) is 0 Å². The molecule has 4 aromatic rings. The molecule has 0 unspecified atom stereocenters. The Bertz CT molecular complexity index is 1270. The molecule has 0 saturated carbocycles. The molecule has 0 saturated heterocycles. The summed E-state index contributed by atoms with van der Waals surface area (Å²) in [5.74, 6) is -0.506. The number of halogens is 1. The Kier molecular flexibility index (Phi) is 4.79. The molecule has 0 aliphatic rings. The molecule has 6 nitrogen and oxygen atoms in total. The molecule has 0 N–H and O–H groups in total. The van der Waals surface area contributed by atoms with Gasteiger partial charge >= 0.3 is 0 Å². The van der Waals surface area contributed by atoms with Gasteiger partial charge in [0.05, 0.1) is 11.4 Å². The standard InChI is InChI=1S/C21H18FN3O3S/c1-14-3-4-15(2)19(11-14)25-10-9-23-21(25)29(26,27)13-18-12-28-20(24-18)16-5-7-17(22)8-6-16/h3-12H,13H2,1-2H3. The summed E-state index contributed by atoms with van der Waals surface area (Å²) in [4.78, 5) is 8.31. The van der Waals surface area contributed by atoms with Crippen molar-refractivity contribution in [2.75, 3.05) is 0 Å². The van der Waals surface area contributed by atoms with E-state index in [1.54, 1.807) is 10.8 Å². The van der Waals surface area contributed by atoms with E-state index in [2.05, 4.69) is 9.97 Å². The van der Waals surface area contributed by atoms with Crippen LogP contribution in [0, 0.1) is 19.7 Å². The quantitative estimate of drug-likeness (QED) is 0.490. The van der Waals surface area contributed by atoms with Crippen molar-refractivity contribution < 1.29 is 17.2 Å². The number of rotatable bonds is 5. The van der Waals surface area contributed by atoms with Crippen molar-refractivity contribution >= 4 is 9.84 Å². The Morgan fingerprint density at radius 2 is 1.86 bits per heavy atom. The molecule has 2 aromatic carbocycles. The first kappa shape index (κ1) is 19.1. The van der Waals surface area contributed by atoms with Crippen LogP contribution < -0.4 is 0 Å². The molecule has 2 heterocycles. The van der Waals surface area contributed by atoms with E-state index in [0.717, 1.165) is 16.8 Å². The minimum Gasteiger partial charge on any atom is -0.444 e. The lowest BCUT2D eigenvalue weighted by molar-refractivity contribution is 0.570. The van der Waals surface area contributed by atoms with E-state index in [1.807, 2.05) is 32.0 Å². The highest BCUT2D eigenvalue weighted by molar-refractivity contribution is 7.90. The Balaban J connectivity index is 1.65. The average Bonchev–Trinajstić information content (AvgIpc) is 3.34. The Labute approximate surface area is 167 Å². The molecule has 0 spiro atoms. The van der Waals surface area contributed by atoms with E-state index >= 15 is 0 Å². The van der Waals surface area contributed by atoms with Gasteiger partial charge in [-0.1, -0.05) is 12.1 Å². The maximum atomic E-state index is 13.1. The minimum atomic E-state index is -3.78. The molecule has 0 aliphatic carbocycles. The molecule has 0 fully saturated rings. The molecule has 0 atom stereocenters. The zero-order chi connectivity index (χ0) is 20.6. The van der Waals surface area contributed by atoms with Gasteiger partial charge in [0, 0.05) is 18.0 Å². The van der Waals surface area contributed by atoms with Crippen molar-refractivity contribution in [3.63, 3.8) is 0 Å². The third-order valence-electron chi connectivity index (χ3n) is 4.49. The van der Waals surface area contributed by atoms with Crippen molar-refractivity contribution in [1.29, 1.82) is 0 Å². The fourth-order valence-corrected chi connectivity index (χ4v) is 4.37. The summed E-state index contributed by atoms with van der Waals surface area (Å²) in [5, 5.41) is -0.0578. The Hall–Kier alpha value is -3.26. The second-order valence-corrected chi connectivity index (χ2v) is 8.66. The molecule has 29 heavy (non-hydrogen) atoms. The van der Waals surface area contributed by atoms with Crippen LogP contribution in [-0.2, 0) is 15.6 Å². The zero-order valence-corrected chi connectivity index (χ0v) is 16.6. The summed E-state index contributed by atoms with van der Waals surface area (Å²) in [6.45, 7) is 3.86. The third-order valence-corrected chi connectivity index (χ3v) is 6.02. The van der Waals surface area contributed by atoms with Crippen molar-refractivity contribution in [3.05, 3.63) is 83.8 Å². The van der Waals surface area contributed by atoms with Gasteiger partial charge in [0.1, 0.15) is 17.8 Å². The number of benzene rings is 2. The lowest BCUT2D eigenvalue weighted by Crippen LogP contribution is -2.12. The first-order chi connectivity index (χ1) is 13.8. The number of aryl methyl sites for hydroxylation is 2. The maximum absolute atomic E-state index is 13.1. The van der Waals surface area contributed by atoms with Gasteiger partial charge in [0.15, 0.2) is 0 Å². The number of sulfone groups is 1. The summed E-state index contributed by atoms with van der Waals surface area (Å²) in [6.07, 6.45) is 4.38. The van der Waals surface area contributed by atoms with Crippen LogP contribution in [0.3, 0.4) is 0 Å². The fraction of sp³-hybridized carbons (Fsp3) is 0.143. The average molecular weight is 411 g/mol. The highest BCUT2D eigenvalue weighted by Gasteiger charge is 2.24. The van der Waals surface area contributed by atoms with Gasteiger partial charge in [0.2, 0.25) is 20.9 Å². The highest BCUT2D eigenvalue weighted by atomic mass is 32.2. The molecular formula is C21H18FN3O3S. The minimum absolute atomic E-state index is 0.0578. The largest absolute Gasteiger partial charge is 0.444 e. The van der Waals surface area contributed by atoms with Crippen molar-refractivity contribution in [2.24, 2.45) is 0 Å². The van der Waals surface area contributed by atoms with Crippen molar-refractivity contribution in [3.8, 4) is 17.1 Å². The number of aromatic nitrogens is 3. The molecule has 148 valence electrons. The first-order valence-corrected chi connectivity index (χ1v) is 10.5. The van der Waals surface area contributed by atoms with E-state index in [9.17, 15) is 12.8 Å². The van der Waals surface area contributed by atoms with E-state index in [-0.39, 0.29) is 28.3 Å². The SMILES string of the molecule is Cc1ccc(C)c(-n2ccnc2S(=O)(=O)Cc2coc(-c3ccc(F)cc3)n2)c1. The van der Waals surface area contributed by atoms with Crippen LogP contribution in [0.5, 0.6) is 0 Å². The number of imidazole rings is 1. The lowest BCUT2D eigenvalue weighted by atomic mass is 10.1. The molecule has 0 aliphatic heterocycles. The predicted octanol–water partition coefficient (Wildman–Crippen LogP) is 4.26. The van der Waals surface area contributed by atoms with E-state index < -0.39 is 9.84 Å². The third kappa shape index (κ3) is 3.84. The van der Waals surface area contributed by atoms with Gasteiger partial charge in [-0.05, 0) is 55.3 Å². The van der Waals surface area contributed by atoms with Gasteiger partial charge in [-0.15, -0.1) is 0 Å². The molecule has 8 heteroatoms. The second kappa shape index (κ2) is 7.29. The summed E-state index contributed by atoms with van der Waals surface area (Å²) in [7, 11) is -3.78. The van der Waals surface area contributed by atoms with Crippen LogP contribution in [0.1, 0.15) is 16.8 Å². The summed E-state index contributed by atoms with van der Waals surface area (Å²) < 4.78 is 46.1. The molecule has 2 aromatic heterocycles. The maximum Gasteiger partial charge on any atom is 0.232 e. The summed E-state index contributed by atoms with van der Waals surface area (Å²) >= 11 is 0. The van der Waals surface area contributed by atoms with Gasteiger partial charge in [-0.25, -0.2) is 22.8 Å². The van der Waals surface area contributed by atoms with E-state index in [0.29, 0.717) is 5.56 Å². The lowest BCUT2D eigenvalue weighted by Gasteiger charge is -2.11. The summed E-state index contributed by atoms with van der Waals surface area (Å²) in [5.41, 5.74) is 3.52.